The van der Waals surface area contributed by atoms with E-state index < -0.39 is 0 Å². The molecule has 0 atom stereocenters. The molecule has 0 amide bonds. The molecule has 140 valence electrons. The summed E-state index contributed by atoms with van der Waals surface area (Å²) in [6.07, 6.45) is 9.83. The van der Waals surface area contributed by atoms with Crippen molar-refractivity contribution in [2.45, 2.75) is 45.4 Å². The molecule has 0 heterocycles. The highest BCUT2D eigenvalue weighted by Crippen LogP contribution is 2.60. The van der Waals surface area contributed by atoms with E-state index >= 15 is 0 Å². The number of nitriles is 2. The first kappa shape index (κ1) is 17.9. The van der Waals surface area contributed by atoms with Crippen molar-refractivity contribution in [2.75, 3.05) is 13.2 Å². The summed E-state index contributed by atoms with van der Waals surface area (Å²) in [4.78, 5) is 0. The van der Waals surface area contributed by atoms with Gasteiger partial charge in [-0.25, -0.2) is 0 Å². The fraction of sp³-hybridized carbons (Fsp3) is 0.565. The maximum absolute atomic E-state index is 8.95. The lowest BCUT2D eigenvalue weighted by Gasteiger charge is -2.56. The lowest BCUT2D eigenvalue weighted by Crippen LogP contribution is -2.48. The van der Waals surface area contributed by atoms with Gasteiger partial charge in [-0.05, 0) is 87.0 Å². The molecule has 0 spiro atoms. The number of ether oxygens (including phenoxy) is 2. The van der Waals surface area contributed by atoms with E-state index in [2.05, 4.69) is 0 Å². The Balaban J connectivity index is 1.51. The minimum atomic E-state index is 0.0830. The van der Waals surface area contributed by atoms with E-state index in [0.717, 1.165) is 35.7 Å². The fourth-order valence-corrected chi connectivity index (χ4v) is 5.96. The highest BCUT2D eigenvalue weighted by atomic mass is 16.5. The zero-order chi connectivity index (χ0) is 18.9. The summed E-state index contributed by atoms with van der Waals surface area (Å²) in [6.45, 7) is 3.26. The lowest BCUT2D eigenvalue weighted by molar-refractivity contribution is -0.0748. The Morgan fingerprint density at radius 3 is 2.22 bits per heavy atom. The molecular formula is C23H26N2O2. The summed E-state index contributed by atoms with van der Waals surface area (Å²) in [6, 6.07) is 9.43. The van der Waals surface area contributed by atoms with Crippen molar-refractivity contribution >= 4 is 6.08 Å². The first-order valence-corrected chi connectivity index (χ1v) is 10.0. The minimum Gasteiger partial charge on any atom is -0.490 e. The Kier molecular flexibility index (Phi) is 4.83. The second-order valence-corrected chi connectivity index (χ2v) is 8.63. The van der Waals surface area contributed by atoms with E-state index in [1.807, 2.05) is 37.3 Å². The van der Waals surface area contributed by atoms with Crippen molar-refractivity contribution in [3.63, 3.8) is 0 Å². The minimum absolute atomic E-state index is 0.0830. The molecule has 4 saturated carbocycles. The van der Waals surface area contributed by atoms with Crippen LogP contribution in [0.5, 0.6) is 11.5 Å². The molecule has 0 aromatic heterocycles. The van der Waals surface area contributed by atoms with Crippen LogP contribution in [0.15, 0.2) is 23.8 Å². The van der Waals surface area contributed by atoms with Gasteiger partial charge < -0.3 is 9.47 Å². The van der Waals surface area contributed by atoms with E-state index in [9.17, 15) is 0 Å². The molecule has 4 aliphatic rings. The molecule has 1 aromatic carbocycles. The molecule has 0 N–H and O–H groups in total. The van der Waals surface area contributed by atoms with Gasteiger partial charge in [-0.3, -0.25) is 0 Å². The maximum atomic E-state index is 8.95. The first-order chi connectivity index (χ1) is 13.1. The number of hydrogen-bond acceptors (Lipinski definition) is 4. The van der Waals surface area contributed by atoms with E-state index in [4.69, 9.17) is 20.0 Å². The zero-order valence-electron chi connectivity index (χ0n) is 15.9. The van der Waals surface area contributed by atoms with Gasteiger partial charge in [-0.2, -0.15) is 10.5 Å². The van der Waals surface area contributed by atoms with Crippen molar-refractivity contribution in [3.8, 4) is 23.6 Å². The Hall–Kier alpha value is -2.46. The number of rotatable bonds is 6. The Labute approximate surface area is 161 Å². The van der Waals surface area contributed by atoms with Gasteiger partial charge in [-0.15, -0.1) is 0 Å². The average molecular weight is 362 g/mol. The number of hydrogen-bond donors (Lipinski definition) is 0. The Morgan fingerprint density at radius 1 is 1.04 bits per heavy atom. The zero-order valence-corrected chi connectivity index (χ0v) is 15.9. The second-order valence-electron chi connectivity index (χ2n) is 8.63. The quantitative estimate of drug-likeness (QED) is 0.660. The number of allylic oxidation sites excluding steroid dienone is 1. The van der Waals surface area contributed by atoms with Crippen LogP contribution in [0.1, 0.15) is 51.0 Å². The van der Waals surface area contributed by atoms with Crippen LogP contribution in [0.25, 0.3) is 6.08 Å². The van der Waals surface area contributed by atoms with Gasteiger partial charge >= 0.3 is 0 Å². The van der Waals surface area contributed by atoms with E-state index in [0.29, 0.717) is 17.8 Å². The topological polar surface area (TPSA) is 66.0 Å². The van der Waals surface area contributed by atoms with Crippen LogP contribution in [-0.4, -0.2) is 13.2 Å². The summed E-state index contributed by atoms with van der Waals surface area (Å²) in [5.74, 6) is 4.18. The monoisotopic (exact) mass is 362 g/mol. The van der Waals surface area contributed by atoms with Crippen molar-refractivity contribution in [1.82, 2.24) is 0 Å². The third-order valence-electron chi connectivity index (χ3n) is 6.52. The van der Waals surface area contributed by atoms with Gasteiger partial charge in [0.15, 0.2) is 11.5 Å². The van der Waals surface area contributed by atoms with E-state index in [-0.39, 0.29) is 5.57 Å². The number of nitrogens with zero attached hydrogens (tertiary/aromatic N) is 2. The Morgan fingerprint density at radius 2 is 1.67 bits per heavy atom. The molecule has 0 saturated heterocycles. The van der Waals surface area contributed by atoms with Gasteiger partial charge in [0.25, 0.3) is 0 Å². The summed E-state index contributed by atoms with van der Waals surface area (Å²) < 4.78 is 12.1. The van der Waals surface area contributed by atoms with Crippen LogP contribution in [0, 0.1) is 45.8 Å². The summed E-state index contributed by atoms with van der Waals surface area (Å²) in [5.41, 5.74) is 1.21. The molecule has 27 heavy (non-hydrogen) atoms. The van der Waals surface area contributed by atoms with Crippen LogP contribution in [0.2, 0.25) is 0 Å². The predicted octanol–water partition coefficient (Wildman–Crippen LogP) is 5.11. The molecule has 4 nitrogen and oxygen atoms in total. The molecule has 5 rings (SSSR count). The fourth-order valence-electron chi connectivity index (χ4n) is 5.96. The molecule has 0 radical (unpaired) electrons. The van der Waals surface area contributed by atoms with Crippen molar-refractivity contribution in [3.05, 3.63) is 29.3 Å². The summed E-state index contributed by atoms with van der Waals surface area (Å²) >= 11 is 0. The molecular weight excluding hydrogens is 336 g/mol. The maximum Gasteiger partial charge on any atom is 0.161 e. The van der Waals surface area contributed by atoms with Crippen LogP contribution in [-0.2, 0) is 0 Å². The van der Waals surface area contributed by atoms with Crippen molar-refractivity contribution in [1.29, 1.82) is 10.5 Å². The first-order valence-electron chi connectivity index (χ1n) is 10.0. The normalized spacial score (nSPS) is 30.3. The van der Waals surface area contributed by atoms with E-state index in [1.165, 1.54) is 38.5 Å². The Bertz CT molecular complexity index is 776. The predicted molar refractivity (Wildman–Crippen MR) is 103 cm³/mol. The molecule has 4 fully saturated rings. The molecule has 4 bridgehead atoms. The van der Waals surface area contributed by atoms with Crippen LogP contribution in [0.4, 0.5) is 0 Å². The van der Waals surface area contributed by atoms with Gasteiger partial charge in [0.05, 0.1) is 13.2 Å². The largest absolute Gasteiger partial charge is 0.490 e. The van der Waals surface area contributed by atoms with Crippen molar-refractivity contribution in [2.24, 2.45) is 23.2 Å². The van der Waals surface area contributed by atoms with Gasteiger partial charge in [0.2, 0.25) is 0 Å². The second kappa shape index (κ2) is 7.28. The third-order valence-corrected chi connectivity index (χ3v) is 6.52. The smallest absolute Gasteiger partial charge is 0.161 e. The molecule has 1 aromatic rings. The standard InChI is InChI=1S/C23H26N2O2/c1-2-26-22-9-16(5-20(13-24)14-25)3-4-21(22)27-15-23-10-17-6-18(11-23)8-19(7-17)12-23/h3-5,9,17-19H,2,6-8,10-12,15H2,1H3. The van der Waals surface area contributed by atoms with Gasteiger partial charge in [0, 0.05) is 5.41 Å². The molecule has 0 aliphatic heterocycles. The van der Waals surface area contributed by atoms with Gasteiger partial charge in [-0.1, -0.05) is 6.07 Å². The highest BCUT2D eigenvalue weighted by Gasteiger charge is 2.51. The summed E-state index contributed by atoms with van der Waals surface area (Å²) in [5, 5.41) is 17.9. The third kappa shape index (κ3) is 3.67. The van der Waals surface area contributed by atoms with Crippen molar-refractivity contribution < 1.29 is 9.47 Å². The highest BCUT2D eigenvalue weighted by molar-refractivity contribution is 5.64. The molecule has 4 heteroatoms. The van der Waals surface area contributed by atoms with E-state index in [1.54, 1.807) is 6.08 Å². The van der Waals surface area contributed by atoms with Crippen LogP contribution < -0.4 is 9.47 Å². The van der Waals surface area contributed by atoms with Gasteiger partial charge in [0.1, 0.15) is 17.7 Å². The molecule has 4 aliphatic carbocycles. The molecule has 0 unspecified atom stereocenters. The van der Waals surface area contributed by atoms with Crippen LogP contribution >= 0.6 is 0 Å². The lowest BCUT2D eigenvalue weighted by atomic mass is 9.50. The number of benzene rings is 1. The average Bonchev–Trinajstić information content (AvgIpc) is 2.64. The summed E-state index contributed by atoms with van der Waals surface area (Å²) in [7, 11) is 0. The SMILES string of the molecule is CCOc1cc(C=C(C#N)C#N)ccc1OCC12CC3CC(CC(C3)C1)C2. The van der Waals surface area contributed by atoms with Crippen LogP contribution in [0.3, 0.4) is 0 Å².